The first-order valence-electron chi connectivity index (χ1n) is 10.1. The van der Waals surface area contributed by atoms with Gasteiger partial charge in [0.05, 0.1) is 24.9 Å². The molecule has 1 saturated heterocycles. The highest BCUT2D eigenvalue weighted by atomic mass is 16.7. The van der Waals surface area contributed by atoms with Gasteiger partial charge in [0.25, 0.3) is 0 Å². The van der Waals surface area contributed by atoms with Gasteiger partial charge >= 0.3 is 5.97 Å². The molecular formula is C23H32O8. The van der Waals surface area contributed by atoms with Crippen LogP contribution in [-0.4, -0.2) is 70.3 Å². The molecule has 0 amide bonds. The summed E-state index contributed by atoms with van der Waals surface area (Å²) in [6.07, 6.45) is 0.143. The molecule has 0 spiro atoms. The maximum absolute atomic E-state index is 12.2. The molecule has 0 saturated carbocycles. The van der Waals surface area contributed by atoms with E-state index in [1.54, 1.807) is 32.1 Å². The molecule has 1 aromatic carbocycles. The highest BCUT2D eigenvalue weighted by molar-refractivity contribution is 5.91. The van der Waals surface area contributed by atoms with E-state index in [4.69, 9.17) is 14.2 Å². The second-order valence-electron chi connectivity index (χ2n) is 8.39. The van der Waals surface area contributed by atoms with Crippen molar-refractivity contribution in [1.29, 1.82) is 0 Å². The third kappa shape index (κ3) is 6.88. The Morgan fingerprint density at radius 1 is 1.23 bits per heavy atom. The standard InChI is InChI=1S/C23H32O8/c1-13(2)6-7-14-10-16(21(27)29-5)11-15(8-9-23(3,4)28)20(14)31-22-19(26)18(25)17(24)12-30-22/h6,8-11,17-19,22,24-26,28H,7,12H2,1-5H3/t17-,18-,19+,22-/m1/s1. The molecule has 172 valence electrons. The van der Waals surface area contributed by atoms with E-state index < -0.39 is 36.2 Å². The third-order valence-corrected chi connectivity index (χ3v) is 4.70. The van der Waals surface area contributed by atoms with Crippen molar-refractivity contribution in [3.05, 3.63) is 46.5 Å². The van der Waals surface area contributed by atoms with E-state index >= 15 is 0 Å². The van der Waals surface area contributed by atoms with Gasteiger partial charge in [-0.05, 0) is 51.8 Å². The molecule has 0 radical (unpaired) electrons. The zero-order valence-electron chi connectivity index (χ0n) is 18.5. The third-order valence-electron chi connectivity index (χ3n) is 4.70. The van der Waals surface area contributed by atoms with E-state index in [-0.39, 0.29) is 6.61 Å². The minimum absolute atomic E-state index is 0.207. The molecule has 1 aromatic rings. The topological polar surface area (TPSA) is 126 Å². The Hall–Kier alpha value is -2.23. The number of carbonyl (C=O) groups is 1. The normalized spacial score (nSPS) is 24.2. The van der Waals surface area contributed by atoms with E-state index in [9.17, 15) is 25.2 Å². The lowest BCUT2D eigenvalue weighted by Gasteiger charge is -2.35. The number of methoxy groups -OCH3 is 1. The highest BCUT2D eigenvalue weighted by Gasteiger charge is 2.39. The number of esters is 1. The molecule has 0 aliphatic carbocycles. The van der Waals surface area contributed by atoms with Crippen LogP contribution in [0.25, 0.3) is 6.08 Å². The Balaban J connectivity index is 2.58. The van der Waals surface area contributed by atoms with Crippen LogP contribution in [0.15, 0.2) is 29.9 Å². The molecule has 0 unspecified atom stereocenters. The van der Waals surface area contributed by atoms with Gasteiger partial charge in [-0.15, -0.1) is 0 Å². The number of ether oxygens (including phenoxy) is 3. The Labute approximate surface area is 182 Å². The number of carbonyl (C=O) groups excluding carboxylic acids is 1. The fourth-order valence-electron chi connectivity index (χ4n) is 2.98. The largest absolute Gasteiger partial charge is 0.465 e. The predicted octanol–water partition coefficient (Wildman–Crippen LogP) is 1.58. The first kappa shape index (κ1) is 25.0. The van der Waals surface area contributed by atoms with Gasteiger partial charge in [0, 0.05) is 5.56 Å². The summed E-state index contributed by atoms with van der Waals surface area (Å²) in [6.45, 7) is 6.87. The number of allylic oxidation sites excluding steroid dienone is 2. The van der Waals surface area contributed by atoms with Crippen LogP contribution in [0.2, 0.25) is 0 Å². The van der Waals surface area contributed by atoms with Crippen molar-refractivity contribution in [2.45, 2.75) is 64.3 Å². The minimum Gasteiger partial charge on any atom is -0.465 e. The molecular weight excluding hydrogens is 404 g/mol. The van der Waals surface area contributed by atoms with Crippen molar-refractivity contribution in [2.24, 2.45) is 0 Å². The van der Waals surface area contributed by atoms with Crippen molar-refractivity contribution < 1.29 is 39.4 Å². The summed E-state index contributed by atoms with van der Waals surface area (Å²) in [6, 6.07) is 3.18. The Kier molecular flexibility index (Phi) is 8.39. The maximum atomic E-state index is 12.2. The number of aliphatic hydroxyl groups is 4. The van der Waals surface area contributed by atoms with E-state index in [1.807, 2.05) is 19.9 Å². The zero-order valence-corrected chi connectivity index (χ0v) is 18.5. The Morgan fingerprint density at radius 2 is 1.90 bits per heavy atom. The molecule has 1 aliphatic rings. The molecule has 8 nitrogen and oxygen atoms in total. The van der Waals surface area contributed by atoms with Gasteiger partial charge in [0.15, 0.2) is 0 Å². The summed E-state index contributed by atoms with van der Waals surface area (Å²) >= 11 is 0. The van der Waals surface area contributed by atoms with Gasteiger partial charge in [-0.1, -0.05) is 23.8 Å². The molecule has 0 aromatic heterocycles. The van der Waals surface area contributed by atoms with Gasteiger partial charge in [0.2, 0.25) is 6.29 Å². The van der Waals surface area contributed by atoms with Crippen molar-refractivity contribution in [1.82, 2.24) is 0 Å². The predicted molar refractivity (Wildman–Crippen MR) is 115 cm³/mol. The molecule has 0 bridgehead atoms. The molecule has 31 heavy (non-hydrogen) atoms. The van der Waals surface area contributed by atoms with Crippen LogP contribution in [0.3, 0.4) is 0 Å². The van der Waals surface area contributed by atoms with Crippen LogP contribution >= 0.6 is 0 Å². The summed E-state index contributed by atoms with van der Waals surface area (Å²) in [5.41, 5.74) is 1.30. The number of hydrogen-bond donors (Lipinski definition) is 4. The lowest BCUT2D eigenvalue weighted by molar-refractivity contribution is -0.242. The average molecular weight is 437 g/mol. The van der Waals surface area contributed by atoms with Gasteiger partial charge in [-0.2, -0.15) is 0 Å². The number of hydrogen-bond acceptors (Lipinski definition) is 8. The monoisotopic (exact) mass is 436 g/mol. The summed E-state index contributed by atoms with van der Waals surface area (Å²) in [5, 5.41) is 40.1. The summed E-state index contributed by atoms with van der Waals surface area (Å²) in [5.74, 6) is -0.214. The second-order valence-corrected chi connectivity index (χ2v) is 8.39. The molecule has 4 N–H and O–H groups in total. The lowest BCUT2D eigenvalue weighted by Crippen LogP contribution is -2.54. The van der Waals surface area contributed by atoms with E-state index in [0.717, 1.165) is 5.57 Å². The van der Waals surface area contributed by atoms with Gasteiger partial charge in [0.1, 0.15) is 24.1 Å². The van der Waals surface area contributed by atoms with Crippen LogP contribution in [0.4, 0.5) is 0 Å². The zero-order chi connectivity index (χ0) is 23.3. The van der Waals surface area contributed by atoms with Crippen LogP contribution in [0.5, 0.6) is 5.75 Å². The minimum atomic E-state index is -1.48. The Bertz CT molecular complexity index is 833. The molecule has 1 fully saturated rings. The number of aliphatic hydroxyl groups excluding tert-OH is 3. The quantitative estimate of drug-likeness (QED) is 0.375. The van der Waals surface area contributed by atoms with Gasteiger partial charge in [-0.25, -0.2) is 4.79 Å². The maximum Gasteiger partial charge on any atom is 0.337 e. The molecule has 4 atom stereocenters. The van der Waals surface area contributed by atoms with Crippen molar-refractivity contribution in [3.8, 4) is 5.75 Å². The highest BCUT2D eigenvalue weighted by Crippen LogP contribution is 2.32. The molecule has 8 heteroatoms. The van der Waals surface area contributed by atoms with Gasteiger partial charge < -0.3 is 34.6 Å². The average Bonchev–Trinajstić information content (AvgIpc) is 2.70. The summed E-state index contributed by atoms with van der Waals surface area (Å²) in [4.78, 5) is 12.2. The first-order chi connectivity index (χ1) is 14.4. The SMILES string of the molecule is COC(=O)c1cc(C=CC(C)(C)O)c(O[C@H]2OC[C@@H](O)[C@@H](O)[C@@H]2O)c(CC=C(C)C)c1. The summed E-state index contributed by atoms with van der Waals surface area (Å²) in [7, 11) is 1.29. The van der Waals surface area contributed by atoms with Crippen LogP contribution in [-0.2, 0) is 15.9 Å². The van der Waals surface area contributed by atoms with Gasteiger partial charge in [-0.3, -0.25) is 0 Å². The van der Waals surface area contributed by atoms with Crippen molar-refractivity contribution >= 4 is 12.0 Å². The van der Waals surface area contributed by atoms with Crippen LogP contribution < -0.4 is 4.74 Å². The fourth-order valence-corrected chi connectivity index (χ4v) is 2.98. The Morgan fingerprint density at radius 3 is 2.48 bits per heavy atom. The second kappa shape index (κ2) is 10.4. The molecule has 1 aliphatic heterocycles. The van der Waals surface area contributed by atoms with Crippen molar-refractivity contribution in [2.75, 3.05) is 13.7 Å². The van der Waals surface area contributed by atoms with E-state index in [2.05, 4.69) is 0 Å². The fraction of sp³-hybridized carbons (Fsp3) is 0.522. The smallest absolute Gasteiger partial charge is 0.337 e. The number of rotatable bonds is 7. The summed E-state index contributed by atoms with van der Waals surface area (Å²) < 4.78 is 16.2. The van der Waals surface area contributed by atoms with Crippen LogP contribution in [0, 0.1) is 0 Å². The van der Waals surface area contributed by atoms with E-state index in [0.29, 0.717) is 28.9 Å². The lowest BCUT2D eigenvalue weighted by atomic mass is 9.98. The van der Waals surface area contributed by atoms with E-state index in [1.165, 1.54) is 13.2 Å². The molecule has 1 heterocycles. The van der Waals surface area contributed by atoms with Crippen LogP contribution in [0.1, 0.15) is 49.2 Å². The van der Waals surface area contributed by atoms with Crippen molar-refractivity contribution in [3.63, 3.8) is 0 Å². The first-order valence-corrected chi connectivity index (χ1v) is 10.1. The number of benzene rings is 1. The molecule has 2 rings (SSSR count).